The zero-order chi connectivity index (χ0) is 15.4. The number of hydrogen-bond donors (Lipinski definition) is 1. The second-order valence-electron chi connectivity index (χ2n) is 4.03. The molecule has 0 unspecified atom stereocenters. The van der Waals surface area contributed by atoms with Gasteiger partial charge in [0.2, 0.25) is 0 Å². The third-order valence-electron chi connectivity index (χ3n) is 2.63. The van der Waals surface area contributed by atoms with Crippen molar-refractivity contribution in [3.05, 3.63) is 62.3 Å². The molecule has 8 nitrogen and oxygen atoms in total. The fourth-order valence-corrected chi connectivity index (χ4v) is 2.45. The molecule has 0 amide bonds. The van der Waals surface area contributed by atoms with Gasteiger partial charge < -0.3 is 5.73 Å². The molecule has 2 N–H and O–H groups in total. The molecule has 0 atom stereocenters. The Labute approximate surface area is 123 Å². The molecule has 0 saturated heterocycles. The summed E-state index contributed by atoms with van der Waals surface area (Å²) in [4.78, 5) is 25.1. The van der Waals surface area contributed by atoms with E-state index in [1.54, 1.807) is 18.3 Å². The average Bonchev–Trinajstić information content (AvgIpc) is 2.46. The van der Waals surface area contributed by atoms with Crippen LogP contribution in [-0.4, -0.2) is 14.8 Å². The van der Waals surface area contributed by atoms with Gasteiger partial charge in [0.1, 0.15) is 5.82 Å². The van der Waals surface area contributed by atoms with Gasteiger partial charge in [-0.15, -0.1) is 11.8 Å². The van der Waals surface area contributed by atoms with Crippen LogP contribution in [0.2, 0.25) is 0 Å². The second-order valence-corrected chi connectivity index (χ2v) is 5.08. The zero-order valence-corrected chi connectivity index (χ0v) is 11.4. The predicted octanol–water partition coefficient (Wildman–Crippen LogP) is 2.77. The summed E-state index contributed by atoms with van der Waals surface area (Å²) in [6, 6.07) is 7.01. The highest BCUT2D eigenvalue weighted by Gasteiger charge is 2.19. The lowest BCUT2D eigenvalue weighted by Crippen LogP contribution is -1.97. The highest BCUT2D eigenvalue weighted by molar-refractivity contribution is 7.98. The van der Waals surface area contributed by atoms with E-state index in [9.17, 15) is 20.2 Å². The van der Waals surface area contributed by atoms with Gasteiger partial charge >= 0.3 is 0 Å². The van der Waals surface area contributed by atoms with Crippen molar-refractivity contribution in [2.24, 2.45) is 0 Å². The fourth-order valence-electron chi connectivity index (χ4n) is 1.60. The first-order valence-electron chi connectivity index (χ1n) is 5.73. The van der Waals surface area contributed by atoms with Crippen molar-refractivity contribution < 1.29 is 9.85 Å². The highest BCUT2D eigenvalue weighted by atomic mass is 32.2. The first-order valence-corrected chi connectivity index (χ1v) is 6.72. The third-order valence-corrected chi connectivity index (χ3v) is 3.66. The number of non-ortho nitro benzene ring substituents is 1. The molecule has 2 aromatic rings. The predicted molar refractivity (Wildman–Crippen MR) is 78.0 cm³/mol. The van der Waals surface area contributed by atoms with Crippen LogP contribution in [0.15, 0.2) is 41.4 Å². The summed E-state index contributed by atoms with van der Waals surface area (Å²) in [7, 11) is 0. The molecule has 108 valence electrons. The maximum absolute atomic E-state index is 11.0. The van der Waals surface area contributed by atoms with Crippen LogP contribution >= 0.6 is 11.8 Å². The van der Waals surface area contributed by atoms with E-state index in [2.05, 4.69) is 4.98 Å². The average molecular weight is 306 g/mol. The van der Waals surface area contributed by atoms with Crippen molar-refractivity contribution in [2.45, 2.75) is 10.6 Å². The lowest BCUT2D eigenvalue weighted by molar-refractivity contribution is -0.394. The van der Waals surface area contributed by atoms with Crippen LogP contribution in [0.4, 0.5) is 17.2 Å². The summed E-state index contributed by atoms with van der Waals surface area (Å²) in [5, 5.41) is 21.7. The zero-order valence-electron chi connectivity index (χ0n) is 10.6. The van der Waals surface area contributed by atoms with Crippen molar-refractivity contribution >= 4 is 29.0 Å². The van der Waals surface area contributed by atoms with Crippen LogP contribution in [0.3, 0.4) is 0 Å². The van der Waals surface area contributed by atoms with Gasteiger partial charge in [0, 0.05) is 28.5 Å². The number of aromatic nitrogens is 1. The minimum atomic E-state index is -0.659. The number of nitrogens with zero attached hydrogens (tertiary/aromatic N) is 3. The molecular weight excluding hydrogens is 296 g/mol. The van der Waals surface area contributed by atoms with Crippen molar-refractivity contribution in [3.63, 3.8) is 0 Å². The van der Waals surface area contributed by atoms with Crippen molar-refractivity contribution in [1.29, 1.82) is 0 Å². The van der Waals surface area contributed by atoms with Gasteiger partial charge in [-0.1, -0.05) is 0 Å². The Kier molecular flexibility index (Phi) is 4.33. The lowest BCUT2D eigenvalue weighted by atomic mass is 10.2. The monoisotopic (exact) mass is 306 g/mol. The Morgan fingerprint density at radius 2 is 1.90 bits per heavy atom. The maximum Gasteiger partial charge on any atom is 0.280 e. The van der Waals surface area contributed by atoms with Crippen LogP contribution in [0.5, 0.6) is 0 Å². The van der Waals surface area contributed by atoms with Crippen LogP contribution < -0.4 is 5.73 Å². The number of nitro groups is 2. The Hall–Kier alpha value is -2.68. The fraction of sp³-hybridized carbons (Fsp3) is 0.0833. The molecule has 1 aromatic carbocycles. The van der Waals surface area contributed by atoms with Crippen LogP contribution in [0, 0.1) is 20.2 Å². The number of hydrogen-bond acceptors (Lipinski definition) is 7. The van der Waals surface area contributed by atoms with Crippen molar-refractivity contribution in [1.82, 2.24) is 4.98 Å². The minimum absolute atomic E-state index is 0.264. The molecule has 0 bridgehead atoms. The normalized spacial score (nSPS) is 10.3. The first kappa shape index (κ1) is 14.7. The number of thioether (sulfide) groups is 1. The Balaban J connectivity index is 2.21. The van der Waals surface area contributed by atoms with Crippen LogP contribution in [0.25, 0.3) is 0 Å². The summed E-state index contributed by atoms with van der Waals surface area (Å²) in [6.45, 7) is 0. The van der Waals surface area contributed by atoms with E-state index in [-0.39, 0.29) is 11.4 Å². The van der Waals surface area contributed by atoms with Gasteiger partial charge in [0.05, 0.1) is 15.9 Å². The molecule has 0 spiro atoms. The molecule has 9 heteroatoms. The first-order chi connectivity index (χ1) is 9.97. The highest BCUT2D eigenvalue weighted by Crippen LogP contribution is 2.30. The number of pyridine rings is 1. The van der Waals surface area contributed by atoms with Crippen molar-refractivity contribution in [2.75, 3.05) is 5.73 Å². The van der Waals surface area contributed by atoms with Gasteiger partial charge in [-0.25, -0.2) is 4.98 Å². The number of nitrogens with two attached hydrogens (primary N) is 1. The Bertz CT molecular complexity index is 690. The number of benzene rings is 1. The molecule has 1 heterocycles. The van der Waals surface area contributed by atoms with Crippen LogP contribution in [0.1, 0.15) is 5.56 Å². The van der Waals surface area contributed by atoms with E-state index in [0.29, 0.717) is 17.1 Å². The molecule has 0 fully saturated rings. The molecule has 1 aromatic heterocycles. The molecule has 2 rings (SSSR count). The smallest absolute Gasteiger partial charge is 0.280 e. The Morgan fingerprint density at radius 1 is 1.14 bits per heavy atom. The SMILES string of the molecule is Nc1ccc(SCc2ccc([N+](=O)[O-])cc2[N+](=O)[O-])cn1. The quantitative estimate of drug-likeness (QED) is 0.511. The van der Waals surface area contributed by atoms with E-state index in [4.69, 9.17) is 5.73 Å². The molecule has 0 aliphatic carbocycles. The molecule has 0 saturated carbocycles. The van der Waals surface area contributed by atoms with Gasteiger partial charge in [-0.05, 0) is 18.2 Å². The third kappa shape index (κ3) is 3.66. The van der Waals surface area contributed by atoms with E-state index in [0.717, 1.165) is 11.0 Å². The molecular formula is C12H10N4O4S. The summed E-state index contributed by atoms with van der Waals surface area (Å²) < 4.78 is 0. The summed E-state index contributed by atoms with van der Waals surface area (Å²) in [6.07, 6.45) is 1.57. The summed E-state index contributed by atoms with van der Waals surface area (Å²) in [5.74, 6) is 0.695. The Morgan fingerprint density at radius 3 is 2.48 bits per heavy atom. The molecule has 0 aliphatic rings. The lowest BCUT2D eigenvalue weighted by Gasteiger charge is -2.03. The number of anilines is 1. The van der Waals surface area contributed by atoms with Gasteiger partial charge in [-0.3, -0.25) is 20.2 Å². The maximum atomic E-state index is 11.0. The van der Waals surface area contributed by atoms with E-state index >= 15 is 0 Å². The molecule has 21 heavy (non-hydrogen) atoms. The van der Waals surface area contributed by atoms with Crippen molar-refractivity contribution in [3.8, 4) is 0 Å². The summed E-state index contributed by atoms with van der Waals surface area (Å²) in [5.41, 5.74) is 5.31. The van der Waals surface area contributed by atoms with Gasteiger partial charge in [0.25, 0.3) is 11.4 Å². The summed E-state index contributed by atoms with van der Waals surface area (Å²) >= 11 is 1.34. The molecule has 0 aliphatic heterocycles. The van der Waals surface area contributed by atoms with E-state index in [1.807, 2.05) is 0 Å². The second kappa shape index (κ2) is 6.18. The standard InChI is InChI=1S/C12H10N4O4S/c13-12-4-3-10(6-14-12)21-7-8-1-2-9(15(17)18)5-11(8)16(19)20/h1-6H,7H2,(H2,13,14). The van der Waals surface area contributed by atoms with Gasteiger partial charge in [0.15, 0.2) is 0 Å². The van der Waals surface area contributed by atoms with E-state index in [1.165, 1.54) is 23.9 Å². The number of nitro benzene ring substituents is 2. The largest absolute Gasteiger partial charge is 0.384 e. The minimum Gasteiger partial charge on any atom is -0.384 e. The van der Waals surface area contributed by atoms with Gasteiger partial charge in [-0.2, -0.15) is 0 Å². The van der Waals surface area contributed by atoms with Crippen LogP contribution in [-0.2, 0) is 5.75 Å². The van der Waals surface area contributed by atoms with E-state index < -0.39 is 9.85 Å². The number of nitrogen functional groups attached to an aromatic ring is 1. The topological polar surface area (TPSA) is 125 Å². The number of rotatable bonds is 5. The molecule has 0 radical (unpaired) electrons.